The minimum atomic E-state index is -2.03. The molecule has 0 aliphatic rings. The molecule has 3 rings (SSSR count). The van der Waals surface area contributed by atoms with Gasteiger partial charge >= 0.3 is 5.97 Å². The average molecular weight is 393 g/mol. The smallest absolute Gasteiger partial charge is 0.341 e. The van der Waals surface area contributed by atoms with Gasteiger partial charge in [-0.15, -0.1) is 0 Å². The third kappa shape index (κ3) is 3.69. The van der Waals surface area contributed by atoms with Gasteiger partial charge < -0.3 is 9.15 Å². The molecule has 4 heteroatoms. The van der Waals surface area contributed by atoms with Crippen molar-refractivity contribution in [2.24, 2.45) is 0 Å². The van der Waals surface area contributed by atoms with E-state index in [1.807, 2.05) is 32.9 Å². The number of hydrogen-bond acceptors (Lipinski definition) is 3. The van der Waals surface area contributed by atoms with Gasteiger partial charge in [0.15, 0.2) is 0 Å². The maximum absolute atomic E-state index is 12.5. The Morgan fingerprint density at radius 3 is 2.14 bits per heavy atom. The summed E-state index contributed by atoms with van der Waals surface area (Å²) in [6.45, 7) is 10.7. The van der Waals surface area contributed by atoms with Gasteiger partial charge in [-0.3, -0.25) is 0 Å². The molecule has 2 aromatic carbocycles. The number of ether oxygens (including phenoxy) is 1. The van der Waals surface area contributed by atoms with Crippen LogP contribution in [0.1, 0.15) is 45.5 Å². The van der Waals surface area contributed by atoms with E-state index < -0.39 is 8.07 Å². The molecule has 0 amide bonds. The van der Waals surface area contributed by atoms with E-state index in [9.17, 15) is 4.79 Å². The lowest BCUT2D eigenvalue weighted by Crippen LogP contribution is -2.48. The maximum atomic E-state index is 12.5. The number of benzene rings is 2. The van der Waals surface area contributed by atoms with Gasteiger partial charge in [0.1, 0.15) is 17.1 Å². The fourth-order valence-electron chi connectivity index (χ4n) is 4.03. The van der Waals surface area contributed by atoms with Gasteiger partial charge in [0.25, 0.3) is 0 Å². The van der Waals surface area contributed by atoms with Gasteiger partial charge in [0.2, 0.25) is 0 Å². The zero-order valence-corrected chi connectivity index (χ0v) is 18.3. The highest BCUT2D eigenvalue weighted by molar-refractivity contribution is 6.91. The second-order valence-corrected chi connectivity index (χ2v) is 12.3. The van der Waals surface area contributed by atoms with Crippen LogP contribution in [0.15, 0.2) is 65.1 Å². The van der Waals surface area contributed by atoms with E-state index in [0.717, 1.165) is 11.3 Å². The third-order valence-electron chi connectivity index (χ3n) is 5.47. The molecule has 146 valence electrons. The monoisotopic (exact) mass is 392 g/mol. The molecule has 28 heavy (non-hydrogen) atoms. The van der Waals surface area contributed by atoms with Gasteiger partial charge in [-0.2, -0.15) is 0 Å². The zero-order chi connectivity index (χ0) is 20.3. The van der Waals surface area contributed by atoms with Crippen molar-refractivity contribution in [3.8, 4) is 0 Å². The van der Waals surface area contributed by atoms with Crippen molar-refractivity contribution in [1.82, 2.24) is 0 Å². The van der Waals surface area contributed by atoms with E-state index in [0.29, 0.717) is 17.9 Å². The van der Waals surface area contributed by atoms with Crippen LogP contribution in [0.5, 0.6) is 0 Å². The Hall–Kier alpha value is -2.59. The first-order chi connectivity index (χ1) is 13.4. The van der Waals surface area contributed by atoms with E-state index in [1.165, 1.54) is 10.8 Å². The fourth-order valence-corrected chi connectivity index (χ4v) is 7.37. The predicted octanol–water partition coefficient (Wildman–Crippen LogP) is 5.36. The molecule has 0 saturated heterocycles. The molecule has 1 heterocycles. The molecular formula is C24H28O3Si. The van der Waals surface area contributed by atoms with Gasteiger partial charge in [0.05, 0.1) is 14.7 Å². The number of aryl methyl sites for hydroxylation is 1. The summed E-state index contributed by atoms with van der Waals surface area (Å²) in [6, 6.07) is 21.1. The van der Waals surface area contributed by atoms with Crippen molar-refractivity contribution in [2.75, 3.05) is 6.61 Å². The van der Waals surface area contributed by atoms with Crippen LogP contribution >= 0.6 is 0 Å². The Morgan fingerprint density at radius 1 is 1.00 bits per heavy atom. The van der Waals surface area contributed by atoms with E-state index in [2.05, 4.69) is 61.6 Å². The number of esters is 1. The molecule has 1 unspecified atom stereocenters. The Bertz CT molecular complexity index is 943. The zero-order valence-electron chi connectivity index (χ0n) is 17.3. The van der Waals surface area contributed by atoms with E-state index in [4.69, 9.17) is 9.15 Å². The van der Waals surface area contributed by atoms with Crippen LogP contribution in [0.2, 0.25) is 13.1 Å². The van der Waals surface area contributed by atoms with Crippen LogP contribution in [0.3, 0.4) is 0 Å². The normalized spacial score (nSPS) is 12.6. The first kappa shape index (κ1) is 20.1. The lowest BCUT2D eigenvalue weighted by atomic mass is 10.0. The molecule has 3 nitrogen and oxygen atoms in total. The van der Waals surface area contributed by atoms with Gasteiger partial charge in [-0.25, -0.2) is 4.79 Å². The summed E-state index contributed by atoms with van der Waals surface area (Å²) in [5, 5.41) is 1.36. The molecular weight excluding hydrogens is 364 g/mol. The SMILES string of the molecule is CCOC(=O)c1c(C)oc(C(c2ccccc2)[Si](C)(C)c2ccccc2)c1C. The summed E-state index contributed by atoms with van der Waals surface area (Å²) >= 11 is 0. The molecule has 1 aromatic heterocycles. The van der Waals surface area contributed by atoms with Crippen LogP contribution in [-0.2, 0) is 4.74 Å². The summed E-state index contributed by atoms with van der Waals surface area (Å²) < 4.78 is 11.5. The van der Waals surface area contributed by atoms with Crippen molar-refractivity contribution in [3.63, 3.8) is 0 Å². The quantitative estimate of drug-likeness (QED) is 0.419. The first-order valence-corrected chi connectivity index (χ1v) is 12.8. The highest BCUT2D eigenvalue weighted by Gasteiger charge is 2.40. The lowest BCUT2D eigenvalue weighted by molar-refractivity contribution is 0.0523. The Kier molecular flexibility index (Phi) is 5.89. The fraction of sp³-hybridized carbons (Fsp3) is 0.292. The van der Waals surface area contributed by atoms with Gasteiger partial charge in [0, 0.05) is 11.1 Å². The van der Waals surface area contributed by atoms with Crippen LogP contribution in [0.4, 0.5) is 0 Å². The largest absolute Gasteiger partial charge is 0.465 e. The van der Waals surface area contributed by atoms with E-state index >= 15 is 0 Å². The Balaban J connectivity index is 2.20. The molecule has 3 aromatic rings. The van der Waals surface area contributed by atoms with Crippen LogP contribution in [-0.4, -0.2) is 20.7 Å². The molecule has 0 bridgehead atoms. The summed E-state index contributed by atoms with van der Waals surface area (Å²) in [7, 11) is -2.03. The first-order valence-electron chi connectivity index (χ1n) is 9.75. The molecule has 0 saturated carbocycles. The molecule has 1 atom stereocenters. The van der Waals surface area contributed by atoms with Crippen LogP contribution < -0.4 is 5.19 Å². The Morgan fingerprint density at radius 2 is 1.57 bits per heavy atom. The number of carbonyl (C=O) groups is 1. The number of rotatable bonds is 6. The van der Waals surface area contributed by atoms with E-state index in [1.54, 1.807) is 0 Å². The maximum Gasteiger partial charge on any atom is 0.341 e. The number of carbonyl (C=O) groups excluding carboxylic acids is 1. The topological polar surface area (TPSA) is 39.4 Å². The van der Waals surface area contributed by atoms with Crippen molar-refractivity contribution in [2.45, 2.75) is 39.4 Å². The van der Waals surface area contributed by atoms with E-state index in [-0.39, 0.29) is 11.5 Å². The summed E-state index contributed by atoms with van der Waals surface area (Å²) in [5.74, 6) is 1.20. The van der Waals surface area contributed by atoms with Crippen molar-refractivity contribution < 1.29 is 13.9 Å². The lowest BCUT2D eigenvalue weighted by Gasteiger charge is -2.33. The number of furan rings is 1. The van der Waals surface area contributed by atoms with Gasteiger partial charge in [-0.05, 0) is 26.3 Å². The molecule has 0 aliphatic carbocycles. The molecule has 0 radical (unpaired) electrons. The predicted molar refractivity (Wildman–Crippen MR) is 116 cm³/mol. The third-order valence-corrected chi connectivity index (χ3v) is 9.33. The highest BCUT2D eigenvalue weighted by atomic mass is 28.3. The van der Waals surface area contributed by atoms with Crippen molar-refractivity contribution >= 4 is 19.2 Å². The van der Waals surface area contributed by atoms with Crippen LogP contribution in [0.25, 0.3) is 0 Å². The molecule has 0 spiro atoms. The minimum Gasteiger partial charge on any atom is -0.465 e. The molecule has 0 N–H and O–H groups in total. The second-order valence-electron chi connectivity index (χ2n) is 7.67. The van der Waals surface area contributed by atoms with Gasteiger partial charge in [-0.1, -0.05) is 78.9 Å². The summed E-state index contributed by atoms with van der Waals surface area (Å²) in [5.41, 5.74) is 2.77. The summed E-state index contributed by atoms with van der Waals surface area (Å²) in [6.07, 6.45) is 0. The molecule has 0 fully saturated rings. The average Bonchev–Trinajstić information content (AvgIpc) is 2.97. The van der Waals surface area contributed by atoms with Crippen molar-refractivity contribution in [3.05, 3.63) is 88.9 Å². The standard InChI is InChI=1S/C24H28O3Si/c1-6-26-24(25)21-17(2)22(27-18(21)3)23(19-13-9-7-10-14-19)28(4,5)20-15-11-8-12-16-20/h7-16,23H,6H2,1-5H3. The summed E-state index contributed by atoms with van der Waals surface area (Å²) in [4.78, 5) is 12.5. The highest BCUT2D eigenvalue weighted by Crippen LogP contribution is 2.38. The minimum absolute atomic E-state index is 0.0953. The Labute approximate surface area is 168 Å². The van der Waals surface area contributed by atoms with Crippen molar-refractivity contribution in [1.29, 1.82) is 0 Å². The molecule has 0 aliphatic heterocycles. The number of hydrogen-bond donors (Lipinski definition) is 0. The second kappa shape index (κ2) is 8.19. The van der Waals surface area contributed by atoms with Crippen LogP contribution in [0, 0.1) is 13.8 Å².